The second-order valence-corrected chi connectivity index (χ2v) is 7.19. The first kappa shape index (κ1) is 20.1. The number of carboxylic acids is 1. The first-order valence-electron chi connectivity index (χ1n) is 9.53. The average Bonchev–Trinajstić information content (AvgIpc) is 2.67. The minimum absolute atomic E-state index is 0.0438. The third kappa shape index (κ3) is 5.68. The molecule has 0 spiro atoms. The number of hydrogen-bond acceptors (Lipinski definition) is 4. The van der Waals surface area contributed by atoms with Gasteiger partial charge in [-0.1, -0.05) is 42.5 Å². The van der Waals surface area contributed by atoms with Gasteiger partial charge in [0.2, 0.25) is 0 Å². The van der Waals surface area contributed by atoms with Crippen molar-refractivity contribution in [3.63, 3.8) is 0 Å². The largest absolute Gasteiger partial charge is 0.480 e. The number of ether oxygens (including phenoxy) is 1. The molecule has 1 saturated heterocycles. The third-order valence-corrected chi connectivity index (χ3v) is 4.85. The highest BCUT2D eigenvalue weighted by atomic mass is 16.5. The van der Waals surface area contributed by atoms with E-state index in [1.54, 1.807) is 16.8 Å². The van der Waals surface area contributed by atoms with Crippen LogP contribution in [0.15, 0.2) is 42.5 Å². The Kier molecular flexibility index (Phi) is 6.84. The lowest BCUT2D eigenvalue weighted by Crippen LogP contribution is -2.52. The van der Waals surface area contributed by atoms with E-state index in [2.05, 4.69) is 35.6 Å². The van der Waals surface area contributed by atoms with E-state index in [0.29, 0.717) is 32.8 Å². The van der Waals surface area contributed by atoms with Crippen molar-refractivity contribution in [1.29, 1.82) is 0 Å². The van der Waals surface area contributed by atoms with Crippen LogP contribution in [0.5, 0.6) is 0 Å². The Morgan fingerprint density at radius 2 is 2.04 bits per heavy atom. The quantitative estimate of drug-likeness (QED) is 0.760. The van der Waals surface area contributed by atoms with E-state index in [1.807, 2.05) is 12.1 Å². The molecule has 0 bridgehead atoms. The van der Waals surface area contributed by atoms with E-state index in [9.17, 15) is 9.59 Å². The standard InChI is InChI=1S/C21H27N3O4/c1-23(15-20(25)26)13-19-14-24(10-11-28-19)21(27)22-9-8-16-6-7-17-4-2-3-5-18(17)12-16/h2-7,12,19H,8-11,13-15H2,1H3,(H,22,27)(H,25,26). The molecule has 0 radical (unpaired) electrons. The van der Waals surface area contributed by atoms with Crippen LogP contribution < -0.4 is 5.32 Å². The predicted molar refractivity (Wildman–Crippen MR) is 107 cm³/mol. The maximum Gasteiger partial charge on any atom is 0.317 e. The molecule has 1 heterocycles. The molecule has 1 atom stereocenters. The van der Waals surface area contributed by atoms with Crippen LogP contribution in [-0.2, 0) is 16.0 Å². The monoisotopic (exact) mass is 385 g/mol. The summed E-state index contributed by atoms with van der Waals surface area (Å²) in [7, 11) is 1.74. The van der Waals surface area contributed by atoms with Crippen LogP contribution in [-0.4, -0.2) is 79.4 Å². The molecule has 150 valence electrons. The lowest BCUT2D eigenvalue weighted by molar-refractivity contribution is -0.138. The van der Waals surface area contributed by atoms with Crippen molar-refractivity contribution in [2.75, 3.05) is 46.4 Å². The Morgan fingerprint density at radius 1 is 1.25 bits per heavy atom. The van der Waals surface area contributed by atoms with E-state index in [1.165, 1.54) is 16.3 Å². The van der Waals surface area contributed by atoms with Gasteiger partial charge in [0.05, 0.1) is 19.3 Å². The van der Waals surface area contributed by atoms with Crippen LogP contribution in [0.1, 0.15) is 5.56 Å². The van der Waals surface area contributed by atoms with Gasteiger partial charge in [0.15, 0.2) is 0 Å². The number of nitrogens with one attached hydrogen (secondary N) is 1. The van der Waals surface area contributed by atoms with Crippen molar-refractivity contribution < 1.29 is 19.4 Å². The number of carbonyl (C=O) groups excluding carboxylic acids is 1. The fourth-order valence-corrected chi connectivity index (χ4v) is 3.48. The zero-order chi connectivity index (χ0) is 19.9. The zero-order valence-corrected chi connectivity index (χ0v) is 16.1. The predicted octanol–water partition coefficient (Wildman–Crippen LogP) is 1.81. The summed E-state index contributed by atoms with van der Waals surface area (Å²) < 4.78 is 5.67. The van der Waals surface area contributed by atoms with E-state index < -0.39 is 5.97 Å². The smallest absolute Gasteiger partial charge is 0.317 e. The zero-order valence-electron chi connectivity index (χ0n) is 16.1. The molecule has 1 aliphatic rings. The summed E-state index contributed by atoms with van der Waals surface area (Å²) in [6.07, 6.45) is 0.593. The lowest BCUT2D eigenvalue weighted by atomic mass is 10.1. The molecule has 28 heavy (non-hydrogen) atoms. The number of morpholine rings is 1. The summed E-state index contributed by atoms with van der Waals surface area (Å²) >= 11 is 0. The number of rotatable bonds is 7. The summed E-state index contributed by atoms with van der Waals surface area (Å²) in [4.78, 5) is 26.7. The summed E-state index contributed by atoms with van der Waals surface area (Å²) in [6.45, 7) is 2.47. The molecule has 7 heteroatoms. The molecule has 2 amide bonds. The molecule has 3 rings (SSSR count). The molecule has 2 aromatic rings. The molecular weight excluding hydrogens is 358 g/mol. The Morgan fingerprint density at radius 3 is 2.82 bits per heavy atom. The summed E-state index contributed by atoms with van der Waals surface area (Å²) in [5.74, 6) is -0.874. The molecule has 1 aliphatic heterocycles. The van der Waals surface area contributed by atoms with Crippen molar-refractivity contribution in [2.45, 2.75) is 12.5 Å². The number of hydrogen-bond donors (Lipinski definition) is 2. The number of aliphatic carboxylic acids is 1. The Hall–Kier alpha value is -2.64. The van der Waals surface area contributed by atoms with E-state index >= 15 is 0 Å². The average molecular weight is 385 g/mol. The van der Waals surface area contributed by atoms with Gasteiger partial charge in [-0.3, -0.25) is 9.69 Å². The van der Waals surface area contributed by atoms with E-state index in [0.717, 1.165) is 6.42 Å². The van der Waals surface area contributed by atoms with Gasteiger partial charge in [-0.05, 0) is 29.8 Å². The highest BCUT2D eigenvalue weighted by Crippen LogP contribution is 2.15. The molecule has 7 nitrogen and oxygen atoms in total. The number of amides is 2. The van der Waals surface area contributed by atoms with Crippen molar-refractivity contribution in [3.8, 4) is 0 Å². The minimum Gasteiger partial charge on any atom is -0.480 e. The van der Waals surface area contributed by atoms with Gasteiger partial charge < -0.3 is 20.1 Å². The van der Waals surface area contributed by atoms with E-state index in [-0.39, 0.29) is 18.7 Å². The van der Waals surface area contributed by atoms with Crippen LogP contribution >= 0.6 is 0 Å². The Balaban J connectivity index is 1.45. The minimum atomic E-state index is -0.874. The maximum atomic E-state index is 12.5. The first-order chi connectivity index (χ1) is 13.5. The SMILES string of the molecule is CN(CC(=O)O)CC1CN(C(=O)NCCc2ccc3ccccc3c2)CCO1. The third-order valence-electron chi connectivity index (χ3n) is 4.85. The van der Waals surface area contributed by atoms with Crippen molar-refractivity contribution in [3.05, 3.63) is 48.0 Å². The summed E-state index contributed by atoms with van der Waals surface area (Å²) in [5.41, 5.74) is 1.19. The number of likely N-dealkylation sites (N-methyl/N-ethyl adjacent to an activating group) is 1. The lowest BCUT2D eigenvalue weighted by Gasteiger charge is -2.34. The molecule has 2 N–H and O–H groups in total. The Bertz CT molecular complexity index is 826. The molecule has 1 unspecified atom stereocenters. The second-order valence-electron chi connectivity index (χ2n) is 7.19. The number of nitrogens with zero attached hydrogens (tertiary/aromatic N) is 2. The molecule has 2 aromatic carbocycles. The second kappa shape index (κ2) is 9.52. The fourth-order valence-electron chi connectivity index (χ4n) is 3.48. The van der Waals surface area contributed by atoms with Crippen LogP contribution in [0.25, 0.3) is 10.8 Å². The van der Waals surface area contributed by atoms with Crippen LogP contribution in [0.3, 0.4) is 0 Å². The van der Waals surface area contributed by atoms with Gasteiger partial charge in [-0.2, -0.15) is 0 Å². The van der Waals surface area contributed by atoms with E-state index in [4.69, 9.17) is 9.84 Å². The van der Waals surface area contributed by atoms with Gasteiger partial charge in [-0.15, -0.1) is 0 Å². The summed E-state index contributed by atoms with van der Waals surface area (Å²) in [6, 6.07) is 14.5. The molecule has 0 aliphatic carbocycles. The maximum absolute atomic E-state index is 12.5. The number of carbonyl (C=O) groups is 2. The molecule has 0 saturated carbocycles. The van der Waals surface area contributed by atoms with Crippen LogP contribution in [0, 0.1) is 0 Å². The summed E-state index contributed by atoms with van der Waals surface area (Å²) in [5, 5.41) is 14.2. The van der Waals surface area contributed by atoms with Crippen molar-refractivity contribution in [1.82, 2.24) is 15.1 Å². The van der Waals surface area contributed by atoms with Gasteiger partial charge >= 0.3 is 12.0 Å². The molecule has 1 fully saturated rings. The topological polar surface area (TPSA) is 82.1 Å². The number of fused-ring (bicyclic) bond motifs is 1. The normalized spacial score (nSPS) is 17.1. The molecular formula is C21H27N3O4. The van der Waals surface area contributed by atoms with Gasteiger partial charge in [-0.25, -0.2) is 4.79 Å². The highest BCUT2D eigenvalue weighted by molar-refractivity contribution is 5.83. The number of carboxylic acid groups (broad SMARTS) is 1. The van der Waals surface area contributed by atoms with Gasteiger partial charge in [0.25, 0.3) is 0 Å². The molecule has 0 aromatic heterocycles. The first-order valence-corrected chi connectivity index (χ1v) is 9.53. The van der Waals surface area contributed by atoms with Gasteiger partial charge in [0.1, 0.15) is 0 Å². The van der Waals surface area contributed by atoms with Crippen LogP contribution in [0.4, 0.5) is 4.79 Å². The Labute approximate surface area is 164 Å². The van der Waals surface area contributed by atoms with Gasteiger partial charge in [0, 0.05) is 26.2 Å². The number of benzene rings is 2. The highest BCUT2D eigenvalue weighted by Gasteiger charge is 2.25. The van der Waals surface area contributed by atoms with Crippen LogP contribution in [0.2, 0.25) is 0 Å². The van der Waals surface area contributed by atoms with Crippen molar-refractivity contribution in [2.24, 2.45) is 0 Å². The van der Waals surface area contributed by atoms with Crippen molar-refractivity contribution >= 4 is 22.8 Å². The number of urea groups is 1. The fraction of sp³-hybridized carbons (Fsp3) is 0.429.